The lowest BCUT2D eigenvalue weighted by Gasteiger charge is -2.24. The van der Waals surface area contributed by atoms with Crippen molar-refractivity contribution in [1.29, 1.82) is 0 Å². The Labute approximate surface area is 101 Å². The maximum atomic E-state index is 5.68. The molecule has 0 radical (unpaired) electrons. The smallest absolute Gasteiger partial charge is 0.170 e. The fourth-order valence-electron chi connectivity index (χ4n) is 1.24. The van der Waals surface area contributed by atoms with Gasteiger partial charge in [-0.1, -0.05) is 0 Å². The highest BCUT2D eigenvalue weighted by molar-refractivity contribution is 7.47. The Bertz CT molecular complexity index is 150. The molecule has 0 aromatic heterocycles. The molecule has 0 rings (SSSR count). The molecule has 0 spiro atoms. The summed E-state index contributed by atoms with van der Waals surface area (Å²) in [6, 6.07) is 0. The zero-order chi connectivity index (χ0) is 12.6. The Morgan fingerprint density at radius 2 is 1.31 bits per heavy atom. The van der Waals surface area contributed by atoms with Crippen LogP contribution in [0.3, 0.4) is 0 Å². The molecule has 5 heteroatoms. The summed E-state index contributed by atoms with van der Waals surface area (Å²) in [6.45, 7) is 8.02. The molecule has 0 atom stereocenters. The Kier molecular flexibility index (Phi) is 9.47. The van der Waals surface area contributed by atoms with Crippen LogP contribution in [0.5, 0.6) is 0 Å². The van der Waals surface area contributed by atoms with Crippen molar-refractivity contribution < 1.29 is 18.5 Å². The maximum Gasteiger partial charge on any atom is 0.170 e. The van der Waals surface area contributed by atoms with Crippen molar-refractivity contribution in [3.8, 4) is 0 Å². The van der Waals surface area contributed by atoms with E-state index in [1.54, 1.807) is 14.2 Å². The van der Waals surface area contributed by atoms with E-state index < -0.39 is 8.38 Å². The third-order valence-electron chi connectivity index (χ3n) is 1.80. The highest BCUT2D eigenvalue weighted by atomic mass is 31.2. The average molecular weight is 252 g/mol. The third-order valence-corrected chi connectivity index (χ3v) is 3.24. The predicted molar refractivity (Wildman–Crippen MR) is 66.7 cm³/mol. The molecule has 0 N–H and O–H groups in total. The van der Waals surface area contributed by atoms with E-state index in [4.69, 9.17) is 18.5 Å². The van der Waals surface area contributed by atoms with Crippen LogP contribution >= 0.6 is 8.38 Å². The summed E-state index contributed by atoms with van der Waals surface area (Å²) >= 11 is 0. The largest absolute Gasteiger partial charge is 0.350 e. The monoisotopic (exact) mass is 252 g/mol. The fraction of sp³-hybridized carbons (Fsp3) is 1.00. The van der Waals surface area contributed by atoms with Crippen LogP contribution in [0.4, 0.5) is 0 Å². The molecule has 0 amide bonds. The molecule has 16 heavy (non-hydrogen) atoms. The van der Waals surface area contributed by atoms with Crippen LogP contribution in [0.15, 0.2) is 0 Å². The fourth-order valence-corrected chi connectivity index (χ4v) is 2.18. The average Bonchev–Trinajstić information content (AvgIpc) is 2.17. The van der Waals surface area contributed by atoms with Gasteiger partial charge in [0.1, 0.15) is 0 Å². The van der Waals surface area contributed by atoms with Gasteiger partial charge in [-0.25, -0.2) is 0 Å². The van der Waals surface area contributed by atoms with Crippen LogP contribution in [-0.4, -0.2) is 38.9 Å². The Balaban J connectivity index is 3.99. The molecule has 0 aliphatic carbocycles. The molecule has 0 saturated carbocycles. The molecule has 0 aliphatic rings. The minimum absolute atomic E-state index is 0.167. The molecular formula is C11H25O4P. The lowest BCUT2D eigenvalue weighted by Crippen LogP contribution is -2.25. The van der Waals surface area contributed by atoms with E-state index in [9.17, 15) is 0 Å². The van der Waals surface area contributed by atoms with Crippen molar-refractivity contribution >= 4 is 8.38 Å². The van der Waals surface area contributed by atoms with Crippen molar-refractivity contribution in [3.63, 3.8) is 0 Å². The van der Waals surface area contributed by atoms with Gasteiger partial charge in [-0.3, -0.25) is 0 Å². The first kappa shape index (κ1) is 16.3. The Morgan fingerprint density at radius 3 is 1.62 bits per heavy atom. The van der Waals surface area contributed by atoms with Gasteiger partial charge in [0.2, 0.25) is 0 Å². The van der Waals surface area contributed by atoms with Gasteiger partial charge in [0, 0.05) is 26.8 Å². The molecular weight excluding hydrogens is 227 g/mol. The Morgan fingerprint density at radius 1 is 0.875 bits per heavy atom. The summed E-state index contributed by atoms with van der Waals surface area (Å²) in [7, 11) is 2.53. The molecule has 0 heterocycles. The van der Waals surface area contributed by atoms with Crippen molar-refractivity contribution in [2.75, 3.05) is 20.4 Å². The van der Waals surface area contributed by atoms with Gasteiger partial charge in [-0.05, 0) is 27.7 Å². The summed E-state index contributed by atoms with van der Waals surface area (Å²) in [4.78, 5) is 0. The molecule has 0 fully saturated rings. The second kappa shape index (κ2) is 9.32. The van der Waals surface area contributed by atoms with E-state index in [0.29, 0.717) is 0 Å². The highest BCUT2D eigenvalue weighted by Crippen LogP contribution is 2.37. The molecule has 0 aromatic carbocycles. The zero-order valence-electron chi connectivity index (χ0n) is 11.2. The number of hydrogen-bond acceptors (Lipinski definition) is 4. The number of hydrogen-bond donors (Lipinski definition) is 0. The highest BCUT2D eigenvalue weighted by Gasteiger charge is 2.16. The van der Waals surface area contributed by atoms with Gasteiger partial charge < -0.3 is 18.5 Å². The van der Waals surface area contributed by atoms with Gasteiger partial charge in [-0.2, -0.15) is 0 Å². The van der Waals surface area contributed by atoms with Crippen molar-refractivity contribution in [2.24, 2.45) is 0 Å². The lowest BCUT2D eigenvalue weighted by molar-refractivity contribution is -0.181. The van der Waals surface area contributed by atoms with Crippen LogP contribution < -0.4 is 0 Å². The quantitative estimate of drug-likeness (QED) is 0.466. The number of ether oxygens (including phenoxy) is 2. The molecule has 0 aliphatic heterocycles. The topological polar surface area (TPSA) is 36.9 Å². The van der Waals surface area contributed by atoms with Crippen LogP contribution in [0.1, 0.15) is 34.1 Å². The third kappa shape index (κ3) is 8.43. The lowest BCUT2D eigenvalue weighted by atomic mass is 10.4. The normalized spacial score (nSPS) is 12.4. The molecule has 4 nitrogen and oxygen atoms in total. The first-order valence-electron chi connectivity index (χ1n) is 5.66. The first-order valence-corrected chi connectivity index (χ1v) is 7.02. The van der Waals surface area contributed by atoms with Crippen LogP contribution in [0.25, 0.3) is 0 Å². The summed E-state index contributed by atoms with van der Waals surface area (Å²) in [5.41, 5.74) is 0. The maximum absolute atomic E-state index is 5.68. The van der Waals surface area contributed by atoms with E-state index >= 15 is 0 Å². The van der Waals surface area contributed by atoms with Crippen molar-refractivity contribution in [2.45, 2.75) is 52.6 Å². The van der Waals surface area contributed by atoms with E-state index in [1.165, 1.54) is 0 Å². The number of rotatable bonds is 9. The van der Waals surface area contributed by atoms with E-state index in [-0.39, 0.29) is 18.5 Å². The molecule has 0 saturated heterocycles. The summed E-state index contributed by atoms with van der Waals surface area (Å²) in [5.74, 6) is 0. The molecule has 0 aromatic rings. The van der Waals surface area contributed by atoms with Gasteiger partial charge >= 0.3 is 0 Å². The summed E-state index contributed by atoms with van der Waals surface area (Å²) < 4.78 is 21.7. The van der Waals surface area contributed by atoms with Gasteiger partial charge in [0.15, 0.2) is 14.7 Å². The summed E-state index contributed by atoms with van der Waals surface area (Å²) in [6.07, 6.45) is 1.78. The van der Waals surface area contributed by atoms with Crippen LogP contribution in [0, 0.1) is 0 Å². The molecule has 98 valence electrons. The van der Waals surface area contributed by atoms with Gasteiger partial charge in [-0.15, -0.1) is 0 Å². The Hall–Kier alpha value is 0.270. The molecule has 0 bridgehead atoms. The van der Waals surface area contributed by atoms with Crippen molar-refractivity contribution in [3.05, 3.63) is 0 Å². The minimum atomic E-state index is -0.799. The van der Waals surface area contributed by atoms with Crippen LogP contribution in [0.2, 0.25) is 0 Å². The van der Waals surface area contributed by atoms with Crippen molar-refractivity contribution in [1.82, 2.24) is 0 Å². The first-order chi connectivity index (χ1) is 7.49. The second-order valence-electron chi connectivity index (χ2n) is 4.01. The zero-order valence-corrected chi connectivity index (χ0v) is 12.1. The van der Waals surface area contributed by atoms with E-state index in [2.05, 4.69) is 0 Å². The van der Waals surface area contributed by atoms with E-state index in [1.807, 2.05) is 27.7 Å². The van der Waals surface area contributed by atoms with Gasteiger partial charge in [0.05, 0.1) is 12.2 Å². The minimum Gasteiger partial charge on any atom is -0.350 e. The predicted octanol–water partition coefficient (Wildman–Crippen LogP) is 3.16. The standard InChI is InChI=1S/C11H25O4P/c1-9(2)14-11(15-10(3)4)7-8-16(12-5)13-6/h9-11H,7-8H2,1-6H3. The summed E-state index contributed by atoms with van der Waals surface area (Å²) in [5, 5.41) is 0. The van der Waals surface area contributed by atoms with Crippen LogP contribution in [-0.2, 0) is 18.5 Å². The second-order valence-corrected chi connectivity index (χ2v) is 5.85. The van der Waals surface area contributed by atoms with E-state index in [0.717, 1.165) is 12.6 Å². The SMILES string of the molecule is COP(CCC(OC(C)C)OC(C)C)OC. The van der Waals surface area contributed by atoms with Gasteiger partial charge in [0.25, 0.3) is 0 Å². The molecule has 0 unspecified atom stereocenters.